The lowest BCUT2D eigenvalue weighted by molar-refractivity contribution is -0.143. The monoisotopic (exact) mass is 465 g/mol. The van der Waals surface area contributed by atoms with Crippen molar-refractivity contribution in [3.8, 4) is 5.69 Å². The van der Waals surface area contributed by atoms with Gasteiger partial charge < -0.3 is 14.8 Å². The Morgan fingerprint density at radius 2 is 1.74 bits per heavy atom. The highest BCUT2D eigenvalue weighted by Gasteiger charge is 2.12. The molecule has 0 spiro atoms. The van der Waals surface area contributed by atoms with Crippen LogP contribution in [0.3, 0.4) is 0 Å². The maximum atomic E-state index is 13.2. The molecule has 1 heterocycles. The summed E-state index contributed by atoms with van der Waals surface area (Å²) in [7, 11) is 1.30. The number of halogens is 1. The molecule has 0 aliphatic heterocycles. The molecule has 0 saturated carbocycles. The third kappa shape index (κ3) is 6.16. The zero-order valence-corrected chi connectivity index (χ0v) is 19.0. The van der Waals surface area contributed by atoms with Gasteiger partial charge in [-0.3, -0.25) is 4.79 Å². The number of amides is 1. The number of aromatic nitrogens is 2. The zero-order chi connectivity index (χ0) is 24.7. The Hall–Kier alpha value is -4.27. The van der Waals surface area contributed by atoms with Crippen LogP contribution < -0.4 is 5.32 Å². The van der Waals surface area contributed by atoms with E-state index in [-0.39, 0.29) is 12.4 Å². The van der Waals surface area contributed by atoms with Crippen LogP contribution in [-0.4, -0.2) is 41.3 Å². The topological polar surface area (TPSA) is 99.5 Å². The van der Waals surface area contributed by atoms with Crippen LogP contribution in [-0.2, 0) is 25.6 Å². The predicted octanol–water partition coefficient (Wildman–Crippen LogP) is 3.29. The first-order valence-electron chi connectivity index (χ1n) is 10.4. The first kappa shape index (κ1) is 24.4. The molecule has 0 saturated heterocycles. The highest BCUT2D eigenvalue weighted by atomic mass is 19.1. The van der Waals surface area contributed by atoms with Gasteiger partial charge in [-0.1, -0.05) is 12.1 Å². The molecule has 0 atom stereocenters. The largest absolute Gasteiger partial charge is 0.465 e. The number of methoxy groups -OCH3 is 1. The van der Waals surface area contributed by atoms with E-state index in [1.165, 1.54) is 25.3 Å². The molecular formula is C25H24FN3O5. The van der Waals surface area contributed by atoms with Gasteiger partial charge >= 0.3 is 11.9 Å². The molecule has 1 N–H and O–H groups in total. The summed E-state index contributed by atoms with van der Waals surface area (Å²) in [5, 5.41) is 7.07. The summed E-state index contributed by atoms with van der Waals surface area (Å²) in [5.74, 6) is -1.92. The fraction of sp³-hybridized carbons (Fsp3) is 0.200. The molecule has 8 nitrogen and oxygen atoms in total. The van der Waals surface area contributed by atoms with Gasteiger partial charge in [-0.15, -0.1) is 0 Å². The molecule has 2 aromatic carbocycles. The van der Waals surface area contributed by atoms with Crippen molar-refractivity contribution in [2.24, 2.45) is 0 Å². The molecular weight excluding hydrogens is 441 g/mol. The Morgan fingerprint density at radius 3 is 2.38 bits per heavy atom. The quantitative estimate of drug-likeness (QED) is 0.405. The Kier molecular flexibility index (Phi) is 7.92. The number of ether oxygens (including phenoxy) is 2. The number of benzene rings is 2. The number of rotatable bonds is 8. The minimum Gasteiger partial charge on any atom is -0.465 e. The van der Waals surface area contributed by atoms with Crippen LogP contribution in [0.2, 0.25) is 0 Å². The van der Waals surface area contributed by atoms with Crippen molar-refractivity contribution in [2.45, 2.75) is 20.4 Å². The van der Waals surface area contributed by atoms with E-state index in [4.69, 9.17) is 4.74 Å². The predicted molar refractivity (Wildman–Crippen MR) is 123 cm³/mol. The Labute approximate surface area is 196 Å². The van der Waals surface area contributed by atoms with E-state index in [9.17, 15) is 18.8 Å². The second-order valence-corrected chi connectivity index (χ2v) is 7.38. The van der Waals surface area contributed by atoms with Gasteiger partial charge in [-0.05, 0) is 61.9 Å². The number of esters is 2. The summed E-state index contributed by atoms with van der Waals surface area (Å²) >= 11 is 0. The average molecular weight is 465 g/mol. The van der Waals surface area contributed by atoms with Crippen LogP contribution in [0.25, 0.3) is 11.8 Å². The number of carbonyl (C=O) groups is 3. The van der Waals surface area contributed by atoms with Gasteiger partial charge in [0.1, 0.15) is 5.82 Å². The molecule has 0 fully saturated rings. The van der Waals surface area contributed by atoms with Crippen LogP contribution in [0.15, 0.2) is 54.6 Å². The molecule has 1 amide bonds. The molecule has 9 heteroatoms. The number of nitrogens with one attached hydrogen (secondary N) is 1. The van der Waals surface area contributed by atoms with Crippen molar-refractivity contribution >= 4 is 23.9 Å². The van der Waals surface area contributed by atoms with Crippen molar-refractivity contribution in [3.63, 3.8) is 0 Å². The van der Waals surface area contributed by atoms with E-state index < -0.39 is 24.5 Å². The number of carbonyl (C=O) groups excluding carboxylic acids is 3. The van der Waals surface area contributed by atoms with E-state index >= 15 is 0 Å². The van der Waals surface area contributed by atoms with Crippen molar-refractivity contribution in [1.29, 1.82) is 0 Å². The van der Waals surface area contributed by atoms with E-state index in [0.717, 1.165) is 16.8 Å². The lowest BCUT2D eigenvalue weighted by atomic mass is 10.1. The summed E-state index contributed by atoms with van der Waals surface area (Å²) in [6.07, 6.45) is 2.80. The van der Waals surface area contributed by atoms with Crippen molar-refractivity contribution < 1.29 is 28.2 Å². The number of nitrogens with zero attached hydrogens (tertiary/aromatic N) is 2. The second-order valence-electron chi connectivity index (χ2n) is 7.38. The third-order valence-electron chi connectivity index (χ3n) is 5.01. The maximum absolute atomic E-state index is 13.2. The van der Waals surface area contributed by atoms with Gasteiger partial charge in [0.05, 0.1) is 24.1 Å². The van der Waals surface area contributed by atoms with Gasteiger partial charge in [0, 0.05) is 23.9 Å². The normalized spacial score (nSPS) is 10.8. The van der Waals surface area contributed by atoms with Gasteiger partial charge in [-0.2, -0.15) is 5.10 Å². The maximum Gasteiger partial charge on any atom is 0.337 e. The SMILES string of the molecule is COC(=O)c1ccc(CNC(=O)COC(=O)/C=C/c2c(C)nn(-c3ccc(F)cc3)c2C)cc1. The summed E-state index contributed by atoms with van der Waals surface area (Å²) in [4.78, 5) is 35.5. The summed E-state index contributed by atoms with van der Waals surface area (Å²) < 4.78 is 24.5. The average Bonchev–Trinajstić information content (AvgIpc) is 3.13. The fourth-order valence-electron chi connectivity index (χ4n) is 3.19. The lowest BCUT2D eigenvalue weighted by Crippen LogP contribution is -2.28. The second kappa shape index (κ2) is 11.0. The van der Waals surface area contributed by atoms with E-state index in [1.807, 2.05) is 6.92 Å². The van der Waals surface area contributed by atoms with E-state index in [0.29, 0.717) is 16.9 Å². The third-order valence-corrected chi connectivity index (χ3v) is 5.01. The first-order valence-corrected chi connectivity index (χ1v) is 10.4. The number of hydrogen-bond donors (Lipinski definition) is 1. The zero-order valence-electron chi connectivity index (χ0n) is 19.0. The van der Waals surface area contributed by atoms with Crippen LogP contribution in [0.4, 0.5) is 4.39 Å². The van der Waals surface area contributed by atoms with Gasteiger partial charge in [-0.25, -0.2) is 18.7 Å². The molecule has 1 aromatic heterocycles. The van der Waals surface area contributed by atoms with Crippen LogP contribution >= 0.6 is 0 Å². The highest BCUT2D eigenvalue weighted by Crippen LogP contribution is 2.19. The standard InChI is InChI=1S/C25H24FN3O5/c1-16-22(17(2)29(28-16)21-10-8-20(26)9-11-21)12-13-24(31)34-15-23(30)27-14-18-4-6-19(7-5-18)25(32)33-3/h4-13H,14-15H2,1-3H3,(H,27,30)/b13-12+. The smallest absolute Gasteiger partial charge is 0.337 e. The minimum atomic E-state index is -0.675. The van der Waals surface area contributed by atoms with Gasteiger partial charge in [0.25, 0.3) is 5.91 Å². The molecule has 3 aromatic rings. The fourth-order valence-corrected chi connectivity index (χ4v) is 3.19. The van der Waals surface area contributed by atoms with Crippen LogP contribution in [0.5, 0.6) is 0 Å². The molecule has 0 aliphatic rings. The number of aryl methyl sites for hydroxylation is 1. The van der Waals surface area contributed by atoms with E-state index in [1.54, 1.807) is 54.1 Å². The van der Waals surface area contributed by atoms with Gasteiger partial charge in [0.15, 0.2) is 6.61 Å². The molecule has 0 bridgehead atoms. The molecule has 176 valence electrons. The van der Waals surface area contributed by atoms with Crippen molar-refractivity contribution in [2.75, 3.05) is 13.7 Å². The molecule has 0 aliphatic carbocycles. The Bertz CT molecular complexity index is 1210. The summed E-state index contributed by atoms with van der Waals surface area (Å²) in [6, 6.07) is 12.5. The molecule has 0 radical (unpaired) electrons. The lowest BCUT2D eigenvalue weighted by Gasteiger charge is -2.06. The van der Waals surface area contributed by atoms with Gasteiger partial charge in [0.2, 0.25) is 0 Å². The highest BCUT2D eigenvalue weighted by molar-refractivity contribution is 5.90. The Balaban J connectivity index is 1.51. The number of hydrogen-bond acceptors (Lipinski definition) is 6. The minimum absolute atomic E-state index is 0.217. The summed E-state index contributed by atoms with van der Waals surface area (Å²) in [6.45, 7) is 3.41. The van der Waals surface area contributed by atoms with Crippen LogP contribution in [0, 0.1) is 19.7 Å². The molecule has 3 rings (SSSR count). The summed E-state index contributed by atoms with van der Waals surface area (Å²) in [5.41, 5.74) is 4.05. The van der Waals surface area contributed by atoms with E-state index in [2.05, 4.69) is 15.2 Å². The Morgan fingerprint density at radius 1 is 1.06 bits per heavy atom. The van der Waals surface area contributed by atoms with Crippen molar-refractivity contribution in [3.05, 3.63) is 88.5 Å². The molecule has 34 heavy (non-hydrogen) atoms. The first-order chi connectivity index (χ1) is 16.3. The van der Waals surface area contributed by atoms with Crippen LogP contribution in [0.1, 0.15) is 32.9 Å². The molecule has 0 unspecified atom stereocenters. The van der Waals surface area contributed by atoms with Crippen molar-refractivity contribution in [1.82, 2.24) is 15.1 Å².